The van der Waals surface area contributed by atoms with Crippen LogP contribution in [0.3, 0.4) is 0 Å². The first-order valence-electron chi connectivity index (χ1n) is 23.5. The van der Waals surface area contributed by atoms with Crippen molar-refractivity contribution in [1.29, 1.82) is 0 Å². The van der Waals surface area contributed by atoms with Gasteiger partial charge in [-0.25, -0.2) is 4.79 Å². The Bertz CT molecular complexity index is 1360. The Hall–Kier alpha value is -4.01. The van der Waals surface area contributed by atoms with Gasteiger partial charge in [0.15, 0.2) is 12.1 Å². The fourth-order valence-electron chi connectivity index (χ4n) is 6.13. The summed E-state index contributed by atoms with van der Waals surface area (Å²) in [5, 5.41) is 9.64. The monoisotopic (exact) mass is 849 g/mol. The number of likely N-dealkylation sites (N-methyl/N-ethyl adjacent to an activating group) is 1. The van der Waals surface area contributed by atoms with Crippen molar-refractivity contribution in [3.63, 3.8) is 0 Å². The molecule has 0 rings (SSSR count). The molecule has 0 saturated heterocycles. The number of carbonyl (C=O) groups is 3. The Kier molecular flexibility index (Phi) is 39.9. The van der Waals surface area contributed by atoms with E-state index in [1.54, 1.807) is 0 Å². The van der Waals surface area contributed by atoms with Gasteiger partial charge in [-0.2, -0.15) is 0 Å². The van der Waals surface area contributed by atoms with Crippen LogP contribution < -0.4 is 0 Å². The highest BCUT2D eigenvalue weighted by atomic mass is 16.6. The molecule has 0 aromatic rings. The summed E-state index contributed by atoms with van der Waals surface area (Å²) < 4.78 is 17.2. The molecular weight excluding hydrogens is 763 g/mol. The number of allylic oxidation sites excluding steroid dienone is 18. The first-order chi connectivity index (χ1) is 29.6. The number of hydrogen-bond acceptors (Lipinski definition) is 6. The van der Waals surface area contributed by atoms with Crippen LogP contribution in [0.25, 0.3) is 0 Å². The highest BCUT2D eigenvalue weighted by Crippen LogP contribution is 2.12. The van der Waals surface area contributed by atoms with Crippen LogP contribution in [0.5, 0.6) is 0 Å². The third kappa shape index (κ3) is 41.1. The second-order valence-corrected chi connectivity index (χ2v) is 16.4. The van der Waals surface area contributed by atoms with Gasteiger partial charge < -0.3 is 23.8 Å². The SMILES string of the molecule is CC/C=C/C/C=C/C/C=C/C/C=C/C/C=C/CCCCCC(=O)OCC(COCCC(C(=O)O)[N+](C)(C)C)OC(=O)CCCCCCC/C=C/C=C/C=C/C=C/CCCCC. The van der Waals surface area contributed by atoms with Crippen molar-refractivity contribution in [1.82, 2.24) is 0 Å². The van der Waals surface area contributed by atoms with E-state index in [0.717, 1.165) is 103 Å². The average molecular weight is 849 g/mol. The van der Waals surface area contributed by atoms with Crippen LogP contribution in [0.1, 0.15) is 155 Å². The van der Waals surface area contributed by atoms with Gasteiger partial charge in [-0.1, -0.05) is 162 Å². The number of carboxylic acids is 1. The number of aliphatic carboxylic acids is 1. The maximum absolute atomic E-state index is 12.8. The van der Waals surface area contributed by atoms with E-state index in [1.165, 1.54) is 19.3 Å². The van der Waals surface area contributed by atoms with E-state index in [0.29, 0.717) is 12.8 Å². The Balaban J connectivity index is 4.46. The molecule has 2 atom stereocenters. The van der Waals surface area contributed by atoms with Gasteiger partial charge in [-0.05, 0) is 83.5 Å². The molecular formula is C53H86NO7+. The fraction of sp³-hybridized carbons (Fsp3) is 0.604. The third-order valence-electron chi connectivity index (χ3n) is 9.75. The van der Waals surface area contributed by atoms with E-state index in [9.17, 15) is 19.5 Å². The Morgan fingerprint density at radius 1 is 0.525 bits per heavy atom. The average Bonchev–Trinajstić information content (AvgIpc) is 3.22. The summed E-state index contributed by atoms with van der Waals surface area (Å²) in [7, 11) is 5.50. The summed E-state index contributed by atoms with van der Waals surface area (Å²) in [4.78, 5) is 37.1. The molecule has 2 unspecified atom stereocenters. The zero-order valence-corrected chi connectivity index (χ0v) is 39.1. The second kappa shape index (κ2) is 42.7. The van der Waals surface area contributed by atoms with Crippen molar-refractivity contribution < 1.29 is 38.2 Å². The van der Waals surface area contributed by atoms with E-state index in [-0.39, 0.29) is 42.7 Å². The number of unbranched alkanes of at least 4 members (excludes halogenated alkanes) is 11. The van der Waals surface area contributed by atoms with E-state index < -0.39 is 18.1 Å². The third-order valence-corrected chi connectivity index (χ3v) is 9.75. The normalized spacial score (nSPS) is 13.9. The molecule has 0 aliphatic carbocycles. The van der Waals surface area contributed by atoms with E-state index >= 15 is 0 Å². The highest BCUT2D eigenvalue weighted by molar-refractivity contribution is 5.72. The summed E-state index contributed by atoms with van der Waals surface area (Å²) in [5.41, 5.74) is 0. The highest BCUT2D eigenvalue weighted by Gasteiger charge is 2.31. The van der Waals surface area contributed by atoms with Gasteiger partial charge in [-0.15, -0.1) is 0 Å². The number of quaternary nitrogens is 1. The zero-order chi connectivity index (χ0) is 44.9. The molecule has 8 nitrogen and oxygen atoms in total. The minimum atomic E-state index is -0.889. The van der Waals surface area contributed by atoms with Crippen molar-refractivity contribution in [2.45, 2.75) is 167 Å². The lowest BCUT2D eigenvalue weighted by Crippen LogP contribution is -2.50. The summed E-state index contributed by atoms with van der Waals surface area (Å²) in [6, 6.07) is -0.632. The van der Waals surface area contributed by atoms with Crippen LogP contribution in [-0.4, -0.2) is 80.6 Å². The van der Waals surface area contributed by atoms with Crippen molar-refractivity contribution in [2.75, 3.05) is 41.0 Å². The number of nitrogens with zero attached hydrogens (tertiary/aromatic N) is 1. The van der Waals surface area contributed by atoms with Crippen LogP contribution in [0.15, 0.2) is 109 Å². The van der Waals surface area contributed by atoms with Crippen molar-refractivity contribution in [3.05, 3.63) is 109 Å². The molecule has 344 valence electrons. The Labute approximate surface area is 372 Å². The maximum Gasteiger partial charge on any atom is 0.362 e. The molecule has 0 aliphatic heterocycles. The van der Waals surface area contributed by atoms with Crippen LogP contribution >= 0.6 is 0 Å². The lowest BCUT2D eigenvalue weighted by molar-refractivity contribution is -0.887. The van der Waals surface area contributed by atoms with Crippen molar-refractivity contribution in [2.24, 2.45) is 0 Å². The number of esters is 2. The molecule has 0 bridgehead atoms. The summed E-state index contributed by atoms with van der Waals surface area (Å²) in [6.07, 6.45) is 58.4. The van der Waals surface area contributed by atoms with E-state index in [2.05, 4.69) is 117 Å². The van der Waals surface area contributed by atoms with E-state index in [4.69, 9.17) is 14.2 Å². The second-order valence-electron chi connectivity index (χ2n) is 16.4. The van der Waals surface area contributed by atoms with Crippen LogP contribution in [0, 0.1) is 0 Å². The van der Waals surface area contributed by atoms with Gasteiger partial charge >= 0.3 is 17.9 Å². The molecule has 0 saturated carbocycles. The Morgan fingerprint density at radius 3 is 1.52 bits per heavy atom. The summed E-state index contributed by atoms with van der Waals surface area (Å²) in [5.74, 6) is -1.56. The summed E-state index contributed by atoms with van der Waals surface area (Å²) >= 11 is 0. The number of carbonyl (C=O) groups excluding carboxylic acids is 2. The van der Waals surface area contributed by atoms with Crippen molar-refractivity contribution >= 4 is 17.9 Å². The van der Waals surface area contributed by atoms with Gasteiger partial charge in [0.1, 0.15) is 6.61 Å². The largest absolute Gasteiger partial charge is 0.477 e. The molecule has 0 aromatic carbocycles. The van der Waals surface area contributed by atoms with Gasteiger partial charge in [0.2, 0.25) is 0 Å². The smallest absolute Gasteiger partial charge is 0.362 e. The molecule has 8 heteroatoms. The van der Waals surface area contributed by atoms with Crippen LogP contribution in [0.2, 0.25) is 0 Å². The minimum Gasteiger partial charge on any atom is -0.477 e. The summed E-state index contributed by atoms with van der Waals surface area (Å²) in [6.45, 7) is 4.50. The first kappa shape index (κ1) is 57.0. The molecule has 0 radical (unpaired) electrons. The standard InChI is InChI=1S/C53H85NO7/c1-6-8-10-12-14-16-18-20-22-24-26-28-29-31-33-35-37-39-41-43-51(55)60-48-49(47-59-46-45-50(53(57)58)54(3,4)5)61-52(56)44-42-40-38-36-34-32-30-27-25-23-21-19-17-15-13-11-9-7-2/h8,10,14-17,19-23,25-28,30-31,33,49-50H,6-7,9,11-13,18,24,29,32,34-48H2,1-5H3/p+1/b10-8+,16-14+,17-15+,21-19+,22-20+,25-23+,28-26+,30-27+,33-31+. The van der Waals surface area contributed by atoms with Gasteiger partial charge in [-0.3, -0.25) is 9.59 Å². The first-order valence-corrected chi connectivity index (χ1v) is 23.5. The van der Waals surface area contributed by atoms with Gasteiger partial charge in [0.25, 0.3) is 0 Å². The predicted molar refractivity (Wildman–Crippen MR) is 256 cm³/mol. The van der Waals surface area contributed by atoms with Gasteiger partial charge in [0.05, 0.1) is 34.4 Å². The van der Waals surface area contributed by atoms with Crippen LogP contribution in [0.4, 0.5) is 0 Å². The molecule has 1 N–H and O–H groups in total. The molecule has 0 aromatic heterocycles. The molecule has 0 spiro atoms. The molecule has 0 fully saturated rings. The lowest BCUT2D eigenvalue weighted by Gasteiger charge is -2.31. The van der Waals surface area contributed by atoms with Crippen LogP contribution in [-0.2, 0) is 28.6 Å². The fourth-order valence-corrected chi connectivity index (χ4v) is 6.13. The zero-order valence-electron chi connectivity index (χ0n) is 39.1. The van der Waals surface area contributed by atoms with Gasteiger partial charge in [0, 0.05) is 19.3 Å². The molecule has 0 amide bonds. The molecule has 0 heterocycles. The molecule has 0 aliphatic rings. The molecule has 61 heavy (non-hydrogen) atoms. The predicted octanol–water partition coefficient (Wildman–Crippen LogP) is 13.2. The maximum atomic E-state index is 12.8. The topological polar surface area (TPSA) is 99.1 Å². The number of ether oxygens (including phenoxy) is 3. The van der Waals surface area contributed by atoms with E-state index in [1.807, 2.05) is 27.2 Å². The Morgan fingerprint density at radius 2 is 0.984 bits per heavy atom. The van der Waals surface area contributed by atoms with Crippen molar-refractivity contribution in [3.8, 4) is 0 Å². The quantitative estimate of drug-likeness (QED) is 0.0215. The number of hydrogen-bond donors (Lipinski definition) is 1. The number of rotatable bonds is 40. The lowest BCUT2D eigenvalue weighted by atomic mass is 10.1. The number of carboxylic acid groups (broad SMARTS) is 1. The minimum absolute atomic E-state index is 0.0327.